The Kier molecular flexibility index (Phi) is 2.91. The van der Waals surface area contributed by atoms with Gasteiger partial charge in [0.05, 0.1) is 11.4 Å². The van der Waals surface area contributed by atoms with Crippen molar-refractivity contribution < 1.29 is 9.78 Å². The Hall–Kier alpha value is -2.36. The molecule has 0 atom stereocenters. The quantitative estimate of drug-likeness (QED) is 0.561. The second-order valence-corrected chi connectivity index (χ2v) is 4.76. The molecule has 0 radical (unpaired) electrons. The van der Waals surface area contributed by atoms with Crippen molar-refractivity contribution in [2.45, 2.75) is 19.3 Å². The molecular weight excluding hydrogens is 240 g/mol. The maximum Gasteiger partial charge on any atom is 0.201 e. The van der Waals surface area contributed by atoms with Gasteiger partial charge >= 0.3 is 0 Å². The highest BCUT2D eigenvalue weighted by Crippen LogP contribution is 2.29. The van der Waals surface area contributed by atoms with Crippen LogP contribution in [0.25, 0.3) is 0 Å². The summed E-state index contributed by atoms with van der Waals surface area (Å²) in [6.45, 7) is 0. The fourth-order valence-electron chi connectivity index (χ4n) is 2.20. The van der Waals surface area contributed by atoms with Gasteiger partial charge in [-0.2, -0.15) is 0 Å². The number of nitrogens with two attached hydrogens (primary N) is 2. The van der Waals surface area contributed by atoms with Crippen LogP contribution >= 0.6 is 0 Å². The van der Waals surface area contributed by atoms with Gasteiger partial charge in [0, 0.05) is 0 Å². The van der Waals surface area contributed by atoms with E-state index in [1.807, 2.05) is 36.4 Å². The van der Waals surface area contributed by atoms with Crippen molar-refractivity contribution in [3.63, 3.8) is 0 Å². The average molecular weight is 256 g/mol. The van der Waals surface area contributed by atoms with E-state index >= 15 is 0 Å². The highest BCUT2D eigenvalue weighted by Gasteiger charge is 2.10. The highest BCUT2D eigenvalue weighted by atomic mass is 17.2. The minimum atomic E-state index is 0.532. The Bertz CT molecular complexity index is 558. The molecule has 1 heterocycles. The zero-order chi connectivity index (χ0) is 13.2. The van der Waals surface area contributed by atoms with Gasteiger partial charge in [-0.15, -0.1) is 0 Å². The molecule has 1 aliphatic rings. The number of rotatable bonds is 0. The van der Waals surface area contributed by atoms with Gasteiger partial charge in [0.2, 0.25) is 11.5 Å². The number of aryl methyl sites for hydroxylation is 2. The predicted octanol–water partition coefficient (Wildman–Crippen LogP) is 2.71. The summed E-state index contributed by atoms with van der Waals surface area (Å²) in [5.74, 6) is 1.06. The smallest absolute Gasteiger partial charge is 0.201 e. The minimum Gasteiger partial charge on any atom is -0.396 e. The van der Waals surface area contributed by atoms with Crippen LogP contribution in [0, 0.1) is 0 Å². The molecule has 0 aromatic heterocycles. The van der Waals surface area contributed by atoms with Crippen molar-refractivity contribution in [2.24, 2.45) is 0 Å². The van der Waals surface area contributed by atoms with Crippen LogP contribution in [0.1, 0.15) is 17.5 Å². The van der Waals surface area contributed by atoms with Gasteiger partial charge in [-0.05, 0) is 54.7 Å². The molecule has 0 aliphatic carbocycles. The molecule has 19 heavy (non-hydrogen) atoms. The zero-order valence-corrected chi connectivity index (χ0v) is 10.6. The fourth-order valence-corrected chi connectivity index (χ4v) is 2.20. The number of hydrogen-bond acceptors (Lipinski definition) is 4. The molecule has 3 rings (SSSR count). The van der Waals surface area contributed by atoms with Crippen LogP contribution in [0.3, 0.4) is 0 Å². The minimum absolute atomic E-state index is 0.532. The molecule has 0 spiro atoms. The summed E-state index contributed by atoms with van der Waals surface area (Å²) in [5, 5.41) is 0. The Morgan fingerprint density at radius 2 is 1.21 bits per heavy atom. The molecule has 98 valence electrons. The van der Waals surface area contributed by atoms with Crippen LogP contribution < -0.4 is 21.2 Å². The summed E-state index contributed by atoms with van der Waals surface area (Å²) >= 11 is 0. The Balaban J connectivity index is 1.98. The summed E-state index contributed by atoms with van der Waals surface area (Å²) in [4.78, 5) is 10.6. The van der Waals surface area contributed by atoms with Crippen molar-refractivity contribution in [3.05, 3.63) is 47.5 Å². The first-order chi connectivity index (χ1) is 9.22. The highest BCUT2D eigenvalue weighted by molar-refractivity contribution is 5.56. The van der Waals surface area contributed by atoms with E-state index in [1.165, 1.54) is 11.1 Å². The summed E-state index contributed by atoms with van der Waals surface area (Å²) in [7, 11) is 0. The van der Waals surface area contributed by atoms with Gasteiger partial charge in [-0.1, -0.05) is 12.1 Å². The summed E-state index contributed by atoms with van der Waals surface area (Å²) in [6.07, 6.45) is 3.03. The van der Waals surface area contributed by atoms with E-state index in [0.29, 0.717) is 22.9 Å². The fraction of sp³-hybridized carbons (Fsp3) is 0.200. The standard InChI is InChI=1S/C15H16N2O2/c16-12-6-4-10-2-1-3-11-5-7-13(17)15(9-11)19-18-14(12)8-10/h4-9H,1-3,16-17H2. The first-order valence-electron chi connectivity index (χ1n) is 6.34. The maximum absolute atomic E-state index is 5.86. The van der Waals surface area contributed by atoms with E-state index in [2.05, 4.69) is 0 Å². The molecule has 0 amide bonds. The number of fused-ring (bicyclic) bond motifs is 4. The van der Waals surface area contributed by atoms with E-state index in [-0.39, 0.29) is 0 Å². The lowest BCUT2D eigenvalue weighted by molar-refractivity contribution is -0.0984. The van der Waals surface area contributed by atoms with E-state index < -0.39 is 0 Å². The molecule has 0 saturated carbocycles. The van der Waals surface area contributed by atoms with Crippen LogP contribution in [0.15, 0.2) is 36.4 Å². The van der Waals surface area contributed by atoms with Crippen molar-refractivity contribution >= 4 is 11.4 Å². The molecule has 2 aromatic rings. The number of hydrogen-bond donors (Lipinski definition) is 2. The lowest BCUT2D eigenvalue weighted by Gasteiger charge is -2.10. The van der Waals surface area contributed by atoms with Crippen molar-refractivity contribution in [3.8, 4) is 11.5 Å². The summed E-state index contributed by atoms with van der Waals surface area (Å²) in [6, 6.07) is 11.5. The van der Waals surface area contributed by atoms with Crippen LogP contribution in [0.5, 0.6) is 11.5 Å². The molecule has 4 nitrogen and oxygen atoms in total. The van der Waals surface area contributed by atoms with E-state index in [9.17, 15) is 0 Å². The van der Waals surface area contributed by atoms with Crippen LogP contribution in [-0.4, -0.2) is 0 Å². The van der Waals surface area contributed by atoms with Gasteiger partial charge in [0.25, 0.3) is 0 Å². The summed E-state index contributed by atoms with van der Waals surface area (Å²) in [5.41, 5.74) is 15.2. The predicted molar refractivity (Wildman–Crippen MR) is 75.0 cm³/mol. The van der Waals surface area contributed by atoms with Crippen molar-refractivity contribution in [1.82, 2.24) is 0 Å². The van der Waals surface area contributed by atoms with Gasteiger partial charge in [-0.25, -0.2) is 0 Å². The first-order valence-corrected chi connectivity index (χ1v) is 6.34. The molecule has 0 fully saturated rings. The largest absolute Gasteiger partial charge is 0.396 e. The molecule has 1 aliphatic heterocycles. The topological polar surface area (TPSA) is 70.5 Å². The van der Waals surface area contributed by atoms with Gasteiger partial charge in [0.1, 0.15) is 0 Å². The SMILES string of the molecule is Nc1ccc2cc1OOc1cc(ccc1N)CCC2. The van der Waals surface area contributed by atoms with Gasteiger partial charge in [-0.3, -0.25) is 9.78 Å². The Morgan fingerprint density at radius 1 is 0.737 bits per heavy atom. The van der Waals surface area contributed by atoms with Crippen molar-refractivity contribution in [2.75, 3.05) is 11.5 Å². The zero-order valence-electron chi connectivity index (χ0n) is 10.6. The molecule has 2 aromatic carbocycles. The first kappa shape index (κ1) is 11.7. The van der Waals surface area contributed by atoms with Crippen LogP contribution in [-0.2, 0) is 12.8 Å². The Morgan fingerprint density at radius 3 is 1.68 bits per heavy atom. The third-order valence-electron chi connectivity index (χ3n) is 3.31. The van der Waals surface area contributed by atoms with Crippen molar-refractivity contribution in [1.29, 1.82) is 0 Å². The van der Waals surface area contributed by atoms with Gasteiger partial charge < -0.3 is 11.5 Å². The lowest BCUT2D eigenvalue weighted by atomic mass is 10.0. The third-order valence-corrected chi connectivity index (χ3v) is 3.31. The number of nitrogen functional groups attached to an aromatic ring is 2. The second kappa shape index (κ2) is 4.72. The van der Waals surface area contributed by atoms with E-state index in [4.69, 9.17) is 21.2 Å². The third kappa shape index (κ3) is 2.42. The van der Waals surface area contributed by atoms with Crippen LogP contribution in [0.2, 0.25) is 0 Å². The normalized spacial score (nSPS) is 13.9. The molecule has 4 heteroatoms. The number of benzene rings is 2. The monoisotopic (exact) mass is 256 g/mol. The van der Waals surface area contributed by atoms with Gasteiger partial charge in [0.15, 0.2) is 0 Å². The average Bonchev–Trinajstić information content (AvgIpc) is 2.43. The molecule has 0 unspecified atom stereocenters. The Labute approximate surface area is 111 Å². The van der Waals surface area contributed by atoms with E-state index in [1.54, 1.807) is 0 Å². The summed E-state index contributed by atoms with van der Waals surface area (Å²) < 4.78 is 0. The second-order valence-electron chi connectivity index (χ2n) is 4.76. The maximum atomic E-state index is 5.86. The molecule has 0 saturated heterocycles. The van der Waals surface area contributed by atoms with Crippen LogP contribution in [0.4, 0.5) is 11.4 Å². The van der Waals surface area contributed by atoms with E-state index in [0.717, 1.165) is 19.3 Å². The molecular formula is C15H16N2O2. The molecule has 4 bridgehead atoms. The molecule has 4 N–H and O–H groups in total. The lowest BCUT2D eigenvalue weighted by Crippen LogP contribution is -2.05. The number of anilines is 2.